The highest BCUT2D eigenvalue weighted by Crippen LogP contribution is 2.43. The second-order valence-corrected chi connectivity index (χ2v) is 14.5. The van der Waals surface area contributed by atoms with E-state index in [4.69, 9.17) is 10.2 Å². The van der Waals surface area contributed by atoms with Gasteiger partial charge in [-0.1, -0.05) is 96.9 Å². The maximum absolute atomic E-state index is 12.7. The smallest absolute Gasteiger partial charge is 0.328 e. The fourth-order valence-corrected chi connectivity index (χ4v) is 6.79. The zero-order valence-electron chi connectivity index (χ0n) is 34.9. The van der Waals surface area contributed by atoms with E-state index in [-0.39, 0.29) is 11.4 Å². The fraction of sp³-hybridized carbons (Fsp3) is 0.435. The van der Waals surface area contributed by atoms with Crippen LogP contribution in [0.4, 0.5) is 0 Å². The molecule has 1 aromatic rings. The Morgan fingerprint density at radius 1 is 0.741 bits per heavy atom. The van der Waals surface area contributed by atoms with Crippen LogP contribution in [-0.4, -0.2) is 56.6 Å². The largest absolute Gasteiger partial charge is 0.478 e. The molecule has 54 heavy (non-hydrogen) atoms. The van der Waals surface area contributed by atoms with Gasteiger partial charge >= 0.3 is 11.9 Å². The van der Waals surface area contributed by atoms with E-state index < -0.39 is 17.4 Å². The van der Waals surface area contributed by atoms with Crippen molar-refractivity contribution in [2.24, 2.45) is 5.41 Å². The lowest BCUT2D eigenvalue weighted by molar-refractivity contribution is -0.137. The molecule has 0 saturated heterocycles. The normalized spacial score (nSPS) is 21.8. The molecule has 0 saturated carbocycles. The summed E-state index contributed by atoms with van der Waals surface area (Å²) in [5, 5.41) is 17.4. The number of carbonyl (C=O) groups is 3. The first-order chi connectivity index (χ1) is 25.4. The van der Waals surface area contributed by atoms with Gasteiger partial charge in [0.25, 0.3) is 0 Å². The van der Waals surface area contributed by atoms with Crippen molar-refractivity contribution in [3.8, 4) is 0 Å². The SMILES string of the molecule is CC.CC1=C(/C=C/C(C)=C/C=C/C(C)=C/C(=O)O)[C@](C)(C(=O)N(C)C)CCC1.CC1=C(/C=C/C(C)=C/C=C/C(C)=C/C(=O)O)[C@](C)(n2ccnc2)CCC1. The van der Waals surface area contributed by atoms with Crippen LogP contribution in [0.3, 0.4) is 0 Å². The van der Waals surface area contributed by atoms with Gasteiger partial charge in [0.2, 0.25) is 5.91 Å². The number of rotatable bonds is 12. The van der Waals surface area contributed by atoms with Crippen LogP contribution in [0.5, 0.6) is 0 Å². The Labute approximate surface area is 325 Å². The number of hydrogen-bond donors (Lipinski definition) is 2. The topological polar surface area (TPSA) is 113 Å². The molecule has 294 valence electrons. The molecule has 0 aromatic carbocycles. The molecule has 0 aliphatic heterocycles. The molecular formula is C46H65N3O5. The number of aromatic nitrogens is 2. The van der Waals surface area contributed by atoms with Crippen LogP contribution in [-0.2, 0) is 19.9 Å². The van der Waals surface area contributed by atoms with Gasteiger partial charge < -0.3 is 19.7 Å². The summed E-state index contributed by atoms with van der Waals surface area (Å²) in [7, 11) is 3.61. The van der Waals surface area contributed by atoms with Gasteiger partial charge in [-0.3, -0.25) is 4.79 Å². The van der Waals surface area contributed by atoms with Gasteiger partial charge in [0.1, 0.15) is 0 Å². The number of carboxylic acid groups (broad SMARTS) is 2. The van der Waals surface area contributed by atoms with E-state index in [9.17, 15) is 14.4 Å². The number of nitrogens with zero attached hydrogens (tertiary/aromatic N) is 3. The summed E-state index contributed by atoms with van der Waals surface area (Å²) >= 11 is 0. The van der Waals surface area contributed by atoms with Gasteiger partial charge in [-0.25, -0.2) is 14.6 Å². The molecule has 2 N–H and O–H groups in total. The minimum atomic E-state index is -0.947. The third-order valence-electron chi connectivity index (χ3n) is 9.66. The molecule has 2 aliphatic carbocycles. The van der Waals surface area contributed by atoms with Crippen LogP contribution in [0.15, 0.2) is 136 Å². The summed E-state index contributed by atoms with van der Waals surface area (Å²) < 4.78 is 2.20. The summed E-state index contributed by atoms with van der Waals surface area (Å²) in [6, 6.07) is 0. The third-order valence-corrected chi connectivity index (χ3v) is 9.66. The first-order valence-electron chi connectivity index (χ1n) is 18.9. The highest BCUT2D eigenvalue weighted by Gasteiger charge is 2.39. The van der Waals surface area contributed by atoms with Crippen molar-refractivity contribution in [1.82, 2.24) is 14.5 Å². The van der Waals surface area contributed by atoms with Gasteiger partial charge in [0.15, 0.2) is 0 Å². The van der Waals surface area contributed by atoms with Crippen molar-refractivity contribution in [2.75, 3.05) is 14.1 Å². The molecule has 1 heterocycles. The second kappa shape index (κ2) is 22.9. The number of carbonyl (C=O) groups excluding carboxylic acids is 1. The lowest BCUT2D eigenvalue weighted by atomic mass is 9.70. The summed E-state index contributed by atoms with van der Waals surface area (Å²) in [5.41, 5.74) is 8.16. The van der Waals surface area contributed by atoms with Gasteiger partial charge in [0.05, 0.1) is 17.3 Å². The van der Waals surface area contributed by atoms with E-state index >= 15 is 0 Å². The minimum Gasteiger partial charge on any atom is -0.478 e. The monoisotopic (exact) mass is 739 g/mol. The van der Waals surface area contributed by atoms with Crippen molar-refractivity contribution >= 4 is 17.8 Å². The van der Waals surface area contributed by atoms with Crippen LogP contribution in [0.2, 0.25) is 0 Å². The van der Waals surface area contributed by atoms with Crippen molar-refractivity contribution < 1.29 is 24.6 Å². The fourth-order valence-electron chi connectivity index (χ4n) is 6.79. The Balaban J connectivity index is 0.000000516. The molecule has 1 amide bonds. The predicted octanol–water partition coefficient (Wildman–Crippen LogP) is 10.9. The Morgan fingerprint density at radius 3 is 1.65 bits per heavy atom. The molecule has 0 spiro atoms. The van der Waals surface area contributed by atoms with Crippen LogP contribution in [0, 0.1) is 5.41 Å². The number of allylic oxidation sites excluding steroid dienone is 17. The van der Waals surface area contributed by atoms with Crippen LogP contribution < -0.4 is 0 Å². The molecule has 0 fully saturated rings. The van der Waals surface area contributed by atoms with Gasteiger partial charge in [-0.05, 0) is 116 Å². The number of amides is 1. The highest BCUT2D eigenvalue weighted by molar-refractivity contribution is 5.86. The van der Waals surface area contributed by atoms with Crippen molar-refractivity contribution in [1.29, 1.82) is 0 Å². The summed E-state index contributed by atoms with van der Waals surface area (Å²) in [4.78, 5) is 39.9. The molecule has 8 heteroatoms. The molecule has 0 bridgehead atoms. The van der Waals surface area contributed by atoms with Gasteiger partial charge in [0, 0.05) is 38.6 Å². The van der Waals surface area contributed by atoms with E-state index in [1.165, 1.54) is 35.3 Å². The number of hydrogen-bond acceptors (Lipinski definition) is 4. The first-order valence-corrected chi connectivity index (χ1v) is 18.9. The zero-order chi connectivity index (χ0) is 41.1. The number of imidazole rings is 1. The van der Waals surface area contributed by atoms with E-state index in [1.807, 2.05) is 97.8 Å². The molecule has 3 rings (SSSR count). The average molecular weight is 740 g/mol. The lowest BCUT2D eigenvalue weighted by Crippen LogP contribution is -2.40. The Kier molecular flexibility index (Phi) is 20.0. The van der Waals surface area contributed by atoms with E-state index in [0.29, 0.717) is 11.1 Å². The van der Waals surface area contributed by atoms with E-state index in [0.717, 1.165) is 48.8 Å². The maximum atomic E-state index is 12.7. The van der Waals surface area contributed by atoms with Crippen LogP contribution >= 0.6 is 0 Å². The van der Waals surface area contributed by atoms with Crippen LogP contribution in [0.25, 0.3) is 0 Å². The average Bonchev–Trinajstić information content (AvgIpc) is 3.64. The summed E-state index contributed by atoms with van der Waals surface area (Å²) in [6.45, 7) is 20.2. The Bertz CT molecular complexity index is 1760. The number of aliphatic carboxylic acids is 2. The van der Waals surface area contributed by atoms with Crippen molar-refractivity contribution in [2.45, 2.75) is 113 Å². The standard InChI is InChI=1S/C22H28N2O2.C22H31NO3.C2H6/c1-17(7-5-8-18(2)15-21(25)26)10-11-20-19(3)9-6-12-22(20,4)24-14-13-23-16-24;1-16(9-7-10-17(2)15-20(24)25)12-13-19-18(3)11-8-14-22(19,4)21(26)23(5)6;1-2/h5,7-8,10-11,13-16H,6,9,12H2,1-4H3,(H,25,26);7,9-10,12-13,15H,8,11,14H2,1-6H3,(H,24,25);1-2H3/b8-5+,11-10+,17-7+,18-15+;10-7+,13-12+,16-9+,17-15+;/t2*22-;/m11./s1. The van der Waals surface area contributed by atoms with E-state index in [1.54, 1.807) is 30.9 Å². The molecular weight excluding hydrogens is 675 g/mol. The Hall–Kier alpha value is -4.98. The molecule has 8 nitrogen and oxygen atoms in total. The first kappa shape index (κ1) is 47.0. The zero-order valence-corrected chi connectivity index (χ0v) is 34.9. The second-order valence-electron chi connectivity index (χ2n) is 14.5. The summed E-state index contributed by atoms with van der Waals surface area (Å²) in [5.74, 6) is -1.73. The number of carboxylic acids is 2. The summed E-state index contributed by atoms with van der Waals surface area (Å²) in [6.07, 6.45) is 34.1. The van der Waals surface area contributed by atoms with E-state index in [2.05, 4.69) is 48.6 Å². The molecule has 0 radical (unpaired) electrons. The molecule has 0 unspecified atom stereocenters. The lowest BCUT2D eigenvalue weighted by Gasteiger charge is -2.37. The molecule has 1 aromatic heterocycles. The minimum absolute atomic E-state index is 0.0632. The Morgan fingerprint density at radius 2 is 1.20 bits per heavy atom. The van der Waals surface area contributed by atoms with Crippen molar-refractivity contribution in [3.05, 3.63) is 136 Å². The van der Waals surface area contributed by atoms with Crippen LogP contribution in [0.1, 0.15) is 108 Å². The molecule has 2 aliphatic rings. The highest BCUT2D eigenvalue weighted by atomic mass is 16.4. The van der Waals surface area contributed by atoms with Crippen molar-refractivity contribution in [3.63, 3.8) is 0 Å². The predicted molar refractivity (Wildman–Crippen MR) is 224 cm³/mol. The third kappa shape index (κ3) is 14.8. The van der Waals surface area contributed by atoms with Gasteiger partial charge in [-0.15, -0.1) is 0 Å². The maximum Gasteiger partial charge on any atom is 0.328 e. The molecule has 2 atom stereocenters. The quantitative estimate of drug-likeness (QED) is 0.163. The van der Waals surface area contributed by atoms with Gasteiger partial charge in [-0.2, -0.15) is 0 Å².